The number of hydrogen-bond acceptors (Lipinski definition) is 5. The average molecular weight is 414 g/mol. The molecule has 8 nitrogen and oxygen atoms in total. The molecule has 1 aliphatic heterocycles. The monoisotopic (exact) mass is 414 g/mol. The first-order valence-corrected chi connectivity index (χ1v) is 10.1. The molecule has 0 spiro atoms. The number of carbonyl (C=O) groups is 1. The number of aromatic nitrogens is 4. The highest BCUT2D eigenvalue weighted by Gasteiger charge is 2.21. The minimum Gasteiger partial charge on any atom is -0.504 e. The molecule has 1 amide bonds. The summed E-state index contributed by atoms with van der Waals surface area (Å²) < 4.78 is 0. The first-order chi connectivity index (χ1) is 15.0. The highest BCUT2D eigenvalue weighted by Crippen LogP contribution is 2.36. The third-order valence-electron chi connectivity index (χ3n) is 5.61. The van der Waals surface area contributed by atoms with Gasteiger partial charge >= 0.3 is 0 Å². The predicted octanol–water partition coefficient (Wildman–Crippen LogP) is 3.77. The Morgan fingerprint density at radius 2 is 1.97 bits per heavy atom. The average Bonchev–Trinajstić information content (AvgIpc) is 3.36. The van der Waals surface area contributed by atoms with E-state index >= 15 is 0 Å². The van der Waals surface area contributed by atoms with Crippen LogP contribution in [0.3, 0.4) is 0 Å². The molecule has 3 heterocycles. The first kappa shape index (κ1) is 18.9. The number of aromatic amines is 2. The van der Waals surface area contributed by atoms with Crippen molar-refractivity contribution in [1.82, 2.24) is 20.2 Å². The Labute approximate surface area is 178 Å². The molecule has 0 unspecified atom stereocenters. The Bertz CT molecular complexity index is 1300. The lowest BCUT2D eigenvalue weighted by molar-refractivity contribution is -0.119. The molecule has 0 atom stereocenters. The molecule has 4 aromatic rings. The number of benzene rings is 2. The van der Waals surface area contributed by atoms with E-state index in [9.17, 15) is 9.90 Å². The molecule has 0 saturated carbocycles. The quantitative estimate of drug-likeness (QED) is 0.405. The van der Waals surface area contributed by atoms with Crippen LogP contribution in [0.4, 0.5) is 5.69 Å². The summed E-state index contributed by atoms with van der Waals surface area (Å²) in [5, 5.41) is 18.0. The zero-order valence-corrected chi connectivity index (χ0v) is 16.9. The lowest BCUT2D eigenvalue weighted by Gasteiger charge is -2.26. The van der Waals surface area contributed by atoms with E-state index in [4.69, 9.17) is 5.73 Å². The second-order valence-electron chi connectivity index (χ2n) is 7.69. The van der Waals surface area contributed by atoms with Crippen LogP contribution < -0.4 is 10.6 Å². The van der Waals surface area contributed by atoms with E-state index in [0.29, 0.717) is 29.3 Å². The minimum atomic E-state index is 0.00399. The summed E-state index contributed by atoms with van der Waals surface area (Å²) in [6.07, 6.45) is 2.54. The Morgan fingerprint density at radius 1 is 1.16 bits per heavy atom. The fourth-order valence-corrected chi connectivity index (χ4v) is 3.91. The van der Waals surface area contributed by atoms with Crippen molar-refractivity contribution < 1.29 is 9.90 Å². The second kappa shape index (κ2) is 7.32. The smallest absolute Gasteiger partial charge is 0.226 e. The second-order valence-corrected chi connectivity index (χ2v) is 7.69. The van der Waals surface area contributed by atoms with E-state index in [1.165, 1.54) is 0 Å². The molecule has 2 aromatic heterocycles. The number of fused-ring (bicyclic) bond motifs is 1. The molecule has 156 valence electrons. The Kier molecular flexibility index (Phi) is 4.47. The van der Waals surface area contributed by atoms with Gasteiger partial charge in [-0.2, -0.15) is 5.10 Å². The largest absolute Gasteiger partial charge is 0.504 e. The fourth-order valence-electron chi connectivity index (χ4n) is 3.91. The van der Waals surface area contributed by atoms with Gasteiger partial charge in [0.25, 0.3) is 0 Å². The van der Waals surface area contributed by atoms with E-state index in [-0.39, 0.29) is 11.7 Å². The number of nitrogens with two attached hydrogens (primary N) is 1. The SMILES string of the molecule is C=C(N)c1ccc2nc(-c3[nH]nc(-c4ccc(N5CCCCC5=O)cc4)c3O)[nH]c2c1. The van der Waals surface area contributed by atoms with Crippen molar-refractivity contribution in [3.05, 3.63) is 54.6 Å². The summed E-state index contributed by atoms with van der Waals surface area (Å²) in [5.74, 6) is 0.626. The molecule has 1 saturated heterocycles. The van der Waals surface area contributed by atoms with Crippen LogP contribution in [0.15, 0.2) is 49.0 Å². The molecule has 8 heteroatoms. The van der Waals surface area contributed by atoms with Crippen LogP contribution in [0.1, 0.15) is 24.8 Å². The van der Waals surface area contributed by atoms with E-state index < -0.39 is 0 Å². The van der Waals surface area contributed by atoms with Crippen molar-refractivity contribution in [2.75, 3.05) is 11.4 Å². The number of H-pyrrole nitrogens is 2. The standard InChI is InChI=1S/C23H22N6O2/c1-13(24)15-7-10-17-18(12-15)26-23(25-17)21-22(31)20(27-28-21)14-5-8-16(9-6-14)29-11-3-2-4-19(29)30/h5-10,12,31H,1-4,11,24H2,(H,25,26)(H,27,28). The Morgan fingerprint density at radius 3 is 2.71 bits per heavy atom. The van der Waals surface area contributed by atoms with E-state index in [2.05, 4.69) is 26.7 Å². The molecule has 5 rings (SSSR count). The summed E-state index contributed by atoms with van der Waals surface area (Å²) >= 11 is 0. The Balaban J connectivity index is 1.45. The molecule has 5 N–H and O–H groups in total. The van der Waals surface area contributed by atoms with Crippen molar-refractivity contribution in [3.8, 4) is 28.5 Å². The number of nitrogens with zero attached hydrogens (tertiary/aromatic N) is 3. The minimum absolute atomic E-state index is 0.00399. The number of piperidine rings is 1. The number of rotatable bonds is 4. The number of nitrogens with one attached hydrogen (secondary N) is 2. The van der Waals surface area contributed by atoms with E-state index in [1.807, 2.05) is 47.4 Å². The van der Waals surface area contributed by atoms with Crippen LogP contribution in [-0.4, -0.2) is 37.7 Å². The summed E-state index contributed by atoms with van der Waals surface area (Å²) in [6, 6.07) is 13.0. The fraction of sp³-hybridized carbons (Fsp3) is 0.174. The predicted molar refractivity (Wildman–Crippen MR) is 120 cm³/mol. The van der Waals surface area contributed by atoms with Gasteiger partial charge in [0.1, 0.15) is 11.4 Å². The van der Waals surface area contributed by atoms with E-state index in [0.717, 1.165) is 47.2 Å². The maximum Gasteiger partial charge on any atom is 0.226 e. The molecule has 0 bridgehead atoms. The number of carbonyl (C=O) groups excluding carboxylic acids is 1. The molecule has 2 aromatic carbocycles. The van der Waals surface area contributed by atoms with Gasteiger partial charge in [0.15, 0.2) is 11.6 Å². The van der Waals surface area contributed by atoms with Crippen LogP contribution in [-0.2, 0) is 4.79 Å². The van der Waals surface area contributed by atoms with Gasteiger partial charge in [-0.15, -0.1) is 0 Å². The zero-order valence-electron chi connectivity index (χ0n) is 16.9. The number of imidazole rings is 1. The number of anilines is 1. The van der Waals surface area contributed by atoms with Gasteiger partial charge in [-0.1, -0.05) is 24.8 Å². The number of amides is 1. The van der Waals surface area contributed by atoms with Gasteiger partial charge in [0, 0.05) is 29.9 Å². The topological polar surface area (TPSA) is 124 Å². The number of aromatic hydroxyl groups is 1. The molecule has 0 aliphatic carbocycles. The third-order valence-corrected chi connectivity index (χ3v) is 5.61. The highest BCUT2D eigenvalue weighted by molar-refractivity contribution is 5.94. The highest BCUT2D eigenvalue weighted by atomic mass is 16.3. The van der Waals surface area contributed by atoms with E-state index in [1.54, 1.807) is 0 Å². The summed E-state index contributed by atoms with van der Waals surface area (Å²) in [5.41, 5.74) is 11.0. The van der Waals surface area contributed by atoms with Gasteiger partial charge in [0.05, 0.1) is 11.0 Å². The zero-order chi connectivity index (χ0) is 21.5. The van der Waals surface area contributed by atoms with Gasteiger partial charge in [0.2, 0.25) is 5.91 Å². The maximum absolute atomic E-state index is 12.1. The van der Waals surface area contributed by atoms with Crippen molar-refractivity contribution in [3.63, 3.8) is 0 Å². The van der Waals surface area contributed by atoms with Crippen molar-refractivity contribution >= 4 is 28.3 Å². The lowest BCUT2D eigenvalue weighted by Crippen LogP contribution is -2.35. The Hall–Kier alpha value is -4.07. The van der Waals surface area contributed by atoms with Crippen molar-refractivity contribution in [2.45, 2.75) is 19.3 Å². The molecule has 1 aliphatic rings. The molecule has 1 fully saturated rings. The molecular formula is C23H22N6O2. The number of hydrogen-bond donors (Lipinski definition) is 4. The third kappa shape index (κ3) is 3.31. The van der Waals surface area contributed by atoms with Gasteiger partial charge < -0.3 is 20.7 Å². The van der Waals surface area contributed by atoms with Gasteiger partial charge in [-0.3, -0.25) is 9.89 Å². The molecule has 0 radical (unpaired) electrons. The van der Waals surface area contributed by atoms with Crippen LogP contribution in [0.2, 0.25) is 0 Å². The van der Waals surface area contributed by atoms with Gasteiger partial charge in [-0.25, -0.2) is 4.98 Å². The van der Waals surface area contributed by atoms with Crippen molar-refractivity contribution in [2.24, 2.45) is 5.73 Å². The van der Waals surface area contributed by atoms with Crippen molar-refractivity contribution in [1.29, 1.82) is 0 Å². The summed E-state index contributed by atoms with van der Waals surface area (Å²) in [7, 11) is 0. The molecule has 31 heavy (non-hydrogen) atoms. The first-order valence-electron chi connectivity index (χ1n) is 10.1. The van der Waals surface area contributed by atoms with Crippen LogP contribution >= 0.6 is 0 Å². The summed E-state index contributed by atoms with van der Waals surface area (Å²) in [6.45, 7) is 4.49. The van der Waals surface area contributed by atoms with Crippen LogP contribution in [0, 0.1) is 0 Å². The summed E-state index contributed by atoms with van der Waals surface area (Å²) in [4.78, 5) is 21.7. The molecular weight excluding hydrogens is 392 g/mol. The maximum atomic E-state index is 12.1. The van der Waals surface area contributed by atoms with Crippen LogP contribution in [0.5, 0.6) is 5.75 Å². The lowest BCUT2D eigenvalue weighted by atomic mass is 10.1. The van der Waals surface area contributed by atoms with Gasteiger partial charge in [-0.05, 0) is 42.7 Å². The normalized spacial score (nSPS) is 14.3. The van der Waals surface area contributed by atoms with Crippen LogP contribution in [0.25, 0.3) is 39.5 Å².